The fourth-order valence-corrected chi connectivity index (χ4v) is 11.5. The van der Waals surface area contributed by atoms with Gasteiger partial charge in [-0.3, -0.25) is 4.79 Å². The zero-order valence-electron chi connectivity index (χ0n) is 34.2. The quantitative estimate of drug-likeness (QED) is 0.255. The fourth-order valence-electron chi connectivity index (χ4n) is 11.5. The molecule has 12 heteroatoms. The van der Waals surface area contributed by atoms with Crippen LogP contribution < -0.4 is 0 Å². The van der Waals surface area contributed by atoms with Crippen molar-refractivity contribution in [2.75, 3.05) is 7.11 Å². The van der Waals surface area contributed by atoms with Crippen LogP contribution in [0.15, 0.2) is 0 Å². The minimum atomic E-state index is -1.96. The molecule has 0 amide bonds. The third-order valence-electron chi connectivity index (χ3n) is 15.2. The van der Waals surface area contributed by atoms with Gasteiger partial charge in [0, 0.05) is 49.5 Å². The van der Waals surface area contributed by atoms with Crippen LogP contribution in [0.1, 0.15) is 121 Å². The van der Waals surface area contributed by atoms with Gasteiger partial charge in [0.05, 0.1) is 60.0 Å². The van der Waals surface area contributed by atoms with Gasteiger partial charge in [-0.2, -0.15) is 0 Å². The Morgan fingerprint density at radius 2 is 1.49 bits per heavy atom. The molecule has 0 aromatic carbocycles. The monoisotopic (exact) mass is 754 g/mol. The molecule has 6 aliphatic heterocycles. The van der Waals surface area contributed by atoms with Gasteiger partial charge in [-0.25, -0.2) is 0 Å². The Labute approximate surface area is 316 Å². The summed E-state index contributed by atoms with van der Waals surface area (Å²) in [5.41, 5.74) is -1.19. The Morgan fingerprint density at radius 1 is 0.830 bits per heavy atom. The van der Waals surface area contributed by atoms with E-state index in [4.69, 9.17) is 33.2 Å². The number of ether oxygens (including phenoxy) is 7. The number of aliphatic carboxylic acids is 1. The Balaban J connectivity index is 1.15. The molecule has 0 aromatic rings. The summed E-state index contributed by atoms with van der Waals surface area (Å²) >= 11 is 0. The summed E-state index contributed by atoms with van der Waals surface area (Å²) in [6.07, 6.45) is 2.00. The van der Waals surface area contributed by atoms with E-state index in [1.165, 1.54) is 6.92 Å². The second-order valence-electron chi connectivity index (χ2n) is 19.2. The van der Waals surface area contributed by atoms with E-state index in [0.29, 0.717) is 19.3 Å². The summed E-state index contributed by atoms with van der Waals surface area (Å²) < 4.78 is 46.4. The minimum absolute atomic E-state index is 0.0508. The lowest BCUT2D eigenvalue weighted by Gasteiger charge is -2.54. The molecule has 0 aromatic heterocycles. The molecule has 6 rings (SSSR count). The highest BCUT2D eigenvalue weighted by Gasteiger charge is 2.63. The van der Waals surface area contributed by atoms with Gasteiger partial charge < -0.3 is 53.6 Å². The van der Waals surface area contributed by atoms with Gasteiger partial charge in [0.15, 0.2) is 17.4 Å². The maximum absolute atomic E-state index is 12.1. The molecule has 12 nitrogen and oxygen atoms in total. The van der Waals surface area contributed by atoms with E-state index in [1.807, 2.05) is 27.7 Å². The summed E-state index contributed by atoms with van der Waals surface area (Å²) in [6.45, 7) is 21.6. The average molecular weight is 755 g/mol. The number of rotatable bonds is 8. The standard InChI is InChI=1S/C41H70O12/c1-20-17-22(3)39(11,45)50-31(20)29-18-21(2)35(48-29)38(10)14-13-30(49-38)37(9)15-16-40(53-37)19-28(42)23(4)32(51-40)24(5)33-25(6)34(47-12)26(7)41(46,52-33)27(8)36(43)44/h20-35,42,45-46H,13-19H2,1-12H3,(H,43,44)/t20-,21-,22+,23+,24+,25-,26+,27+,28-,29+,30-,31-,32+,33+,34+,35+,37-,38-,39-,40-,41+/m0/s1. The summed E-state index contributed by atoms with van der Waals surface area (Å²) in [5, 5.41) is 44.1. The van der Waals surface area contributed by atoms with Crippen molar-refractivity contribution in [2.24, 2.45) is 47.3 Å². The van der Waals surface area contributed by atoms with Crippen molar-refractivity contribution >= 4 is 5.97 Å². The predicted molar refractivity (Wildman–Crippen MR) is 194 cm³/mol. The van der Waals surface area contributed by atoms with Gasteiger partial charge in [0.2, 0.25) is 0 Å². The topological polar surface area (TPSA) is 163 Å². The number of carboxylic acids is 1. The Kier molecular flexibility index (Phi) is 11.4. The van der Waals surface area contributed by atoms with E-state index in [2.05, 4.69) is 27.7 Å². The fraction of sp³-hybridized carbons (Fsp3) is 0.976. The maximum atomic E-state index is 12.1. The van der Waals surface area contributed by atoms with E-state index in [-0.39, 0.29) is 59.9 Å². The van der Waals surface area contributed by atoms with Crippen molar-refractivity contribution in [1.82, 2.24) is 0 Å². The second kappa shape index (κ2) is 14.5. The molecule has 6 heterocycles. The first kappa shape index (κ1) is 41.7. The van der Waals surface area contributed by atoms with Crippen molar-refractivity contribution < 1.29 is 58.4 Å². The lowest BCUT2D eigenvalue weighted by molar-refractivity contribution is -0.365. The highest BCUT2D eigenvalue weighted by atomic mass is 16.7. The molecule has 0 bridgehead atoms. The Hall–Kier alpha value is -0.930. The Bertz CT molecular complexity index is 1330. The average Bonchev–Trinajstić information content (AvgIpc) is 3.78. The van der Waals surface area contributed by atoms with Gasteiger partial charge in [-0.05, 0) is 71.6 Å². The van der Waals surface area contributed by atoms with Crippen molar-refractivity contribution in [2.45, 2.75) is 199 Å². The van der Waals surface area contributed by atoms with Crippen molar-refractivity contribution in [3.05, 3.63) is 0 Å². The molecule has 306 valence electrons. The van der Waals surface area contributed by atoms with Gasteiger partial charge in [-0.15, -0.1) is 0 Å². The van der Waals surface area contributed by atoms with Crippen LogP contribution in [0.25, 0.3) is 0 Å². The molecular weight excluding hydrogens is 684 g/mol. The highest BCUT2D eigenvalue weighted by Crippen LogP contribution is 2.55. The second-order valence-corrected chi connectivity index (χ2v) is 19.2. The van der Waals surface area contributed by atoms with Crippen LogP contribution in [0.4, 0.5) is 0 Å². The summed E-state index contributed by atoms with van der Waals surface area (Å²) in [5.74, 6) is -7.35. The van der Waals surface area contributed by atoms with E-state index in [1.54, 1.807) is 21.0 Å². The van der Waals surface area contributed by atoms with Crippen molar-refractivity contribution in [1.29, 1.82) is 0 Å². The zero-order chi connectivity index (χ0) is 39.2. The number of carboxylic acid groups (broad SMARTS) is 1. The van der Waals surface area contributed by atoms with E-state index in [9.17, 15) is 25.2 Å². The number of carbonyl (C=O) groups is 1. The SMILES string of the molecule is CO[C@@H]1[C@@H](C)[C@@H]([C@H](C)[C@@H]2O[C@]3(CC[C@@](C)([C@@H]4CC[C@@](C)([C@@H]5O[C@@H]([C@H]6O[C@](C)(O)[C@H](C)C[C@@H]6C)C[C@@H]5C)O4)O3)C[C@H](O)[C@H]2C)O[C@@](O)([C@H](C)C(=O)O)[C@@H]1C. The predicted octanol–water partition coefficient (Wildman–Crippen LogP) is 5.27. The first-order chi connectivity index (χ1) is 24.5. The third-order valence-corrected chi connectivity index (χ3v) is 15.2. The van der Waals surface area contributed by atoms with Gasteiger partial charge in [-0.1, -0.05) is 48.5 Å². The molecule has 0 aliphatic carbocycles. The molecule has 6 aliphatic rings. The maximum Gasteiger partial charge on any atom is 0.311 e. The van der Waals surface area contributed by atoms with Crippen LogP contribution >= 0.6 is 0 Å². The molecule has 0 radical (unpaired) electrons. The molecular formula is C41H70O12. The van der Waals surface area contributed by atoms with Crippen molar-refractivity contribution in [3.8, 4) is 0 Å². The van der Waals surface area contributed by atoms with Crippen molar-refractivity contribution in [3.63, 3.8) is 0 Å². The summed E-state index contributed by atoms with van der Waals surface area (Å²) in [7, 11) is 1.58. The highest BCUT2D eigenvalue weighted by molar-refractivity contribution is 5.70. The first-order valence-corrected chi connectivity index (χ1v) is 20.5. The van der Waals surface area contributed by atoms with Crippen LogP contribution in [0.5, 0.6) is 0 Å². The summed E-state index contributed by atoms with van der Waals surface area (Å²) in [4.78, 5) is 12.1. The smallest absolute Gasteiger partial charge is 0.311 e. The van der Waals surface area contributed by atoms with Gasteiger partial charge in [0.1, 0.15) is 5.92 Å². The van der Waals surface area contributed by atoms with Crippen LogP contribution in [0.3, 0.4) is 0 Å². The van der Waals surface area contributed by atoms with E-state index < -0.39 is 70.8 Å². The Morgan fingerprint density at radius 3 is 2.13 bits per heavy atom. The van der Waals surface area contributed by atoms with Gasteiger partial charge in [0.25, 0.3) is 0 Å². The molecule has 1 spiro atoms. The zero-order valence-corrected chi connectivity index (χ0v) is 34.2. The van der Waals surface area contributed by atoms with E-state index >= 15 is 0 Å². The minimum Gasteiger partial charge on any atom is -0.481 e. The molecule has 4 N–H and O–H groups in total. The number of aliphatic hydroxyl groups is 3. The lowest BCUT2D eigenvalue weighted by atomic mass is 9.71. The summed E-state index contributed by atoms with van der Waals surface area (Å²) in [6, 6.07) is 0. The molecule has 6 saturated heterocycles. The van der Waals surface area contributed by atoms with Crippen LogP contribution in [-0.4, -0.2) is 111 Å². The van der Waals surface area contributed by atoms with E-state index in [0.717, 1.165) is 25.7 Å². The number of hydrogen-bond donors (Lipinski definition) is 4. The number of aliphatic hydroxyl groups excluding tert-OH is 1. The van der Waals surface area contributed by atoms with Crippen LogP contribution in [-0.2, 0) is 38.0 Å². The third kappa shape index (κ3) is 7.16. The number of hydrogen-bond acceptors (Lipinski definition) is 11. The van der Waals surface area contributed by atoms with Crippen LogP contribution in [0, 0.1) is 47.3 Å². The van der Waals surface area contributed by atoms with Gasteiger partial charge >= 0.3 is 5.97 Å². The lowest BCUT2D eigenvalue weighted by Crippen LogP contribution is -2.65. The molecule has 53 heavy (non-hydrogen) atoms. The molecule has 0 saturated carbocycles. The molecule has 6 fully saturated rings. The molecule has 21 atom stereocenters. The van der Waals surface area contributed by atoms with Crippen LogP contribution in [0.2, 0.25) is 0 Å². The molecule has 0 unspecified atom stereocenters. The largest absolute Gasteiger partial charge is 0.481 e. The first-order valence-electron chi connectivity index (χ1n) is 20.5. The normalized spacial score (nSPS) is 56.1. The number of methoxy groups -OCH3 is 1.